The quantitative estimate of drug-likeness (QED) is 0.743. The molecule has 0 aromatic carbocycles. The first kappa shape index (κ1) is 18.2. The van der Waals surface area contributed by atoms with Gasteiger partial charge in [-0.05, 0) is 80.5 Å². The van der Waals surface area contributed by atoms with Crippen molar-refractivity contribution in [2.24, 2.45) is 46.2 Å². The van der Waals surface area contributed by atoms with Gasteiger partial charge in [0.15, 0.2) is 0 Å². The number of carbonyl (C=O) groups is 2. The molecule has 1 unspecified atom stereocenters. The summed E-state index contributed by atoms with van der Waals surface area (Å²) in [5.74, 6) is 0.864. The van der Waals surface area contributed by atoms with E-state index in [4.69, 9.17) is 5.73 Å². The number of amides is 1. The number of fused-ring (bicyclic) bond motifs is 5. The Balaban J connectivity index is 1.70. The monoisotopic (exact) mass is 359 g/mol. The van der Waals surface area contributed by atoms with Gasteiger partial charge in [-0.15, -0.1) is 0 Å². The first-order valence-corrected chi connectivity index (χ1v) is 10.4. The van der Waals surface area contributed by atoms with Crippen LogP contribution in [0.3, 0.4) is 0 Å². The molecule has 4 rings (SSSR count). The number of primary amides is 1. The second kappa shape index (κ2) is 5.92. The molecule has 4 aliphatic rings. The summed E-state index contributed by atoms with van der Waals surface area (Å²) in [4.78, 5) is 24.6. The molecule has 0 aromatic rings. The standard InChI is InChI=1S/C22H33NO3/c1-12(24)19-16(20(23)26)11-18-15-5-4-13-10-14(25)6-8-21(13,2)17(15)7-9-22(18,19)3/h4,14-19,25H,5-11H2,1-3H3,(H2,23,26)/t14-,15+,16?,17-,18-,19-,21-,22-/m0/s1. The fourth-order valence-electron chi connectivity index (χ4n) is 7.72. The maximum Gasteiger partial charge on any atom is 0.221 e. The van der Waals surface area contributed by atoms with E-state index in [1.807, 2.05) is 0 Å². The summed E-state index contributed by atoms with van der Waals surface area (Å²) < 4.78 is 0. The summed E-state index contributed by atoms with van der Waals surface area (Å²) in [6, 6.07) is 0. The lowest BCUT2D eigenvalue weighted by Gasteiger charge is -2.57. The number of rotatable bonds is 2. The average molecular weight is 360 g/mol. The van der Waals surface area contributed by atoms with Crippen LogP contribution in [0.25, 0.3) is 0 Å². The Morgan fingerprint density at radius 2 is 1.92 bits per heavy atom. The van der Waals surface area contributed by atoms with E-state index >= 15 is 0 Å². The molecule has 0 bridgehead atoms. The fraction of sp³-hybridized carbons (Fsp3) is 0.818. The summed E-state index contributed by atoms with van der Waals surface area (Å²) in [6.07, 6.45) is 8.90. The van der Waals surface area contributed by atoms with Gasteiger partial charge in [-0.3, -0.25) is 9.59 Å². The molecule has 144 valence electrons. The van der Waals surface area contributed by atoms with E-state index in [2.05, 4.69) is 19.9 Å². The maximum atomic E-state index is 12.5. The molecular weight excluding hydrogens is 326 g/mol. The molecule has 0 aromatic heterocycles. The van der Waals surface area contributed by atoms with Crippen LogP contribution in [0.4, 0.5) is 0 Å². The Labute approximate surface area is 156 Å². The van der Waals surface area contributed by atoms with Gasteiger partial charge in [0, 0.05) is 11.8 Å². The minimum Gasteiger partial charge on any atom is -0.393 e. The van der Waals surface area contributed by atoms with Crippen LogP contribution in [0.15, 0.2) is 11.6 Å². The Bertz CT molecular complexity index is 670. The fourth-order valence-corrected chi connectivity index (χ4v) is 7.72. The van der Waals surface area contributed by atoms with Crippen LogP contribution >= 0.6 is 0 Å². The van der Waals surface area contributed by atoms with E-state index < -0.39 is 0 Å². The van der Waals surface area contributed by atoms with Gasteiger partial charge < -0.3 is 10.8 Å². The van der Waals surface area contributed by atoms with E-state index in [-0.39, 0.29) is 40.5 Å². The lowest BCUT2D eigenvalue weighted by Crippen LogP contribution is -2.51. The molecule has 0 saturated heterocycles. The van der Waals surface area contributed by atoms with Gasteiger partial charge in [-0.2, -0.15) is 0 Å². The summed E-state index contributed by atoms with van der Waals surface area (Å²) in [5, 5.41) is 10.1. The van der Waals surface area contributed by atoms with Crippen molar-refractivity contribution < 1.29 is 14.7 Å². The van der Waals surface area contributed by atoms with Crippen molar-refractivity contribution in [1.29, 1.82) is 0 Å². The second-order valence-corrected chi connectivity index (χ2v) is 10.0. The van der Waals surface area contributed by atoms with E-state index in [1.54, 1.807) is 6.92 Å². The van der Waals surface area contributed by atoms with Gasteiger partial charge in [-0.25, -0.2) is 0 Å². The van der Waals surface area contributed by atoms with Crippen molar-refractivity contribution in [3.63, 3.8) is 0 Å². The first-order valence-electron chi connectivity index (χ1n) is 10.4. The van der Waals surface area contributed by atoms with Gasteiger partial charge in [0.05, 0.1) is 6.10 Å². The normalized spacial score (nSPS) is 50.2. The zero-order valence-corrected chi connectivity index (χ0v) is 16.3. The number of aliphatic hydroxyl groups is 1. The summed E-state index contributed by atoms with van der Waals surface area (Å²) in [5.41, 5.74) is 7.26. The summed E-state index contributed by atoms with van der Waals surface area (Å²) in [6.45, 7) is 6.28. The lowest BCUT2D eigenvalue weighted by molar-refractivity contribution is -0.134. The number of ketones is 1. The molecule has 8 atom stereocenters. The average Bonchev–Trinajstić information content (AvgIpc) is 2.89. The molecule has 3 N–H and O–H groups in total. The molecule has 0 heterocycles. The van der Waals surface area contributed by atoms with Gasteiger partial charge in [0.2, 0.25) is 5.91 Å². The smallest absolute Gasteiger partial charge is 0.221 e. The minimum absolute atomic E-state index is 0.0947. The predicted molar refractivity (Wildman–Crippen MR) is 99.9 cm³/mol. The second-order valence-electron chi connectivity index (χ2n) is 10.0. The van der Waals surface area contributed by atoms with Gasteiger partial charge >= 0.3 is 0 Å². The molecule has 1 amide bonds. The van der Waals surface area contributed by atoms with E-state index in [1.165, 1.54) is 5.57 Å². The number of allylic oxidation sites excluding steroid dienone is 1. The van der Waals surface area contributed by atoms with Crippen LogP contribution in [-0.4, -0.2) is 22.9 Å². The number of aliphatic hydroxyl groups excluding tert-OH is 1. The first-order chi connectivity index (χ1) is 12.2. The highest BCUT2D eigenvalue weighted by Gasteiger charge is 2.62. The van der Waals surface area contributed by atoms with Crippen LogP contribution in [0.1, 0.15) is 65.7 Å². The number of hydrogen-bond donors (Lipinski definition) is 2. The third-order valence-corrected chi connectivity index (χ3v) is 8.94. The van der Waals surface area contributed by atoms with Crippen molar-refractivity contribution in [3.8, 4) is 0 Å². The van der Waals surface area contributed by atoms with Gasteiger partial charge in [0.1, 0.15) is 5.78 Å². The van der Waals surface area contributed by atoms with Crippen LogP contribution in [0, 0.1) is 40.4 Å². The van der Waals surface area contributed by atoms with Crippen LogP contribution in [-0.2, 0) is 9.59 Å². The van der Waals surface area contributed by atoms with Crippen molar-refractivity contribution in [3.05, 3.63) is 11.6 Å². The number of hydrogen-bond acceptors (Lipinski definition) is 3. The summed E-state index contributed by atoms with van der Waals surface area (Å²) in [7, 11) is 0. The third kappa shape index (κ3) is 2.37. The molecule has 4 heteroatoms. The highest BCUT2D eigenvalue weighted by Crippen LogP contribution is 2.67. The van der Waals surface area contributed by atoms with Gasteiger partial charge in [0.25, 0.3) is 0 Å². The molecule has 4 aliphatic carbocycles. The SMILES string of the molecule is CC(=O)[C@H]1C(C(N)=O)C[C@H]2[C@@H]3CC=C4C[C@@H](O)CC[C@]4(C)[C@H]3CC[C@]12C. The Kier molecular flexibility index (Phi) is 4.15. The number of carbonyl (C=O) groups excluding carboxylic acids is 2. The topological polar surface area (TPSA) is 80.4 Å². The summed E-state index contributed by atoms with van der Waals surface area (Å²) >= 11 is 0. The van der Waals surface area contributed by atoms with E-state index in [0.29, 0.717) is 17.8 Å². The number of nitrogens with two attached hydrogens (primary N) is 1. The molecule has 3 fully saturated rings. The Morgan fingerprint density at radius 1 is 1.19 bits per heavy atom. The molecular formula is C22H33NO3. The van der Waals surface area contributed by atoms with Crippen molar-refractivity contribution in [2.75, 3.05) is 0 Å². The molecule has 0 spiro atoms. The largest absolute Gasteiger partial charge is 0.393 e. The highest BCUT2D eigenvalue weighted by molar-refractivity contribution is 5.88. The van der Waals surface area contributed by atoms with Crippen LogP contribution in [0.5, 0.6) is 0 Å². The van der Waals surface area contributed by atoms with E-state index in [9.17, 15) is 14.7 Å². The van der Waals surface area contributed by atoms with E-state index in [0.717, 1.165) is 44.9 Å². The predicted octanol–water partition coefficient (Wildman–Crippen LogP) is 3.23. The maximum absolute atomic E-state index is 12.5. The van der Waals surface area contributed by atoms with Crippen LogP contribution < -0.4 is 5.73 Å². The Morgan fingerprint density at radius 3 is 2.58 bits per heavy atom. The number of Topliss-reactive ketones (excluding diaryl/α,β-unsaturated/α-hetero) is 1. The minimum atomic E-state index is -0.299. The molecule has 26 heavy (non-hydrogen) atoms. The zero-order chi connectivity index (χ0) is 18.9. The van der Waals surface area contributed by atoms with Crippen molar-refractivity contribution in [1.82, 2.24) is 0 Å². The third-order valence-electron chi connectivity index (χ3n) is 8.94. The molecule has 0 radical (unpaired) electrons. The van der Waals surface area contributed by atoms with Crippen LogP contribution in [0.2, 0.25) is 0 Å². The molecule has 3 saturated carbocycles. The molecule has 0 aliphatic heterocycles. The molecule has 4 nitrogen and oxygen atoms in total. The van der Waals surface area contributed by atoms with Crippen molar-refractivity contribution in [2.45, 2.75) is 71.8 Å². The lowest BCUT2D eigenvalue weighted by atomic mass is 9.47. The Hall–Kier alpha value is -1.16. The highest BCUT2D eigenvalue weighted by atomic mass is 16.3. The zero-order valence-electron chi connectivity index (χ0n) is 16.3. The van der Waals surface area contributed by atoms with Crippen molar-refractivity contribution >= 4 is 11.7 Å². The van der Waals surface area contributed by atoms with Gasteiger partial charge in [-0.1, -0.05) is 25.5 Å².